The van der Waals surface area contributed by atoms with Gasteiger partial charge in [0.25, 0.3) is 0 Å². The van der Waals surface area contributed by atoms with E-state index < -0.39 is 0 Å². The van der Waals surface area contributed by atoms with Gasteiger partial charge in [0.1, 0.15) is 0 Å². The second-order valence-corrected chi connectivity index (χ2v) is 8.38. The predicted octanol–water partition coefficient (Wildman–Crippen LogP) is 3.52. The SMILES string of the molecule is CC(=O)N(CC(=O)N1CCN(c2cccc(C)c2C)CC1)C1CCCCCC1. The molecule has 1 saturated heterocycles. The van der Waals surface area contributed by atoms with Crippen molar-refractivity contribution in [3.05, 3.63) is 29.3 Å². The van der Waals surface area contributed by atoms with Crippen molar-refractivity contribution in [2.45, 2.75) is 65.3 Å². The highest BCUT2D eigenvalue weighted by atomic mass is 16.2. The molecule has 1 heterocycles. The Morgan fingerprint density at radius 2 is 1.64 bits per heavy atom. The van der Waals surface area contributed by atoms with E-state index in [2.05, 4.69) is 36.9 Å². The van der Waals surface area contributed by atoms with E-state index in [9.17, 15) is 9.59 Å². The lowest BCUT2D eigenvalue weighted by atomic mass is 10.1. The summed E-state index contributed by atoms with van der Waals surface area (Å²) in [5.41, 5.74) is 3.89. The number of piperazine rings is 1. The molecule has 1 aromatic rings. The van der Waals surface area contributed by atoms with Gasteiger partial charge in [0.2, 0.25) is 11.8 Å². The Morgan fingerprint density at radius 3 is 2.25 bits per heavy atom. The summed E-state index contributed by atoms with van der Waals surface area (Å²) in [4.78, 5) is 31.3. The minimum atomic E-state index is 0.0364. The van der Waals surface area contributed by atoms with Crippen LogP contribution >= 0.6 is 0 Å². The minimum Gasteiger partial charge on any atom is -0.368 e. The van der Waals surface area contributed by atoms with Crippen molar-refractivity contribution < 1.29 is 9.59 Å². The summed E-state index contributed by atoms with van der Waals surface area (Å²) in [5, 5.41) is 0. The fourth-order valence-corrected chi connectivity index (χ4v) is 4.59. The summed E-state index contributed by atoms with van der Waals surface area (Å²) in [6, 6.07) is 6.65. The quantitative estimate of drug-likeness (QED) is 0.745. The van der Waals surface area contributed by atoms with Crippen molar-refractivity contribution >= 4 is 17.5 Å². The van der Waals surface area contributed by atoms with Crippen LogP contribution in [0.15, 0.2) is 18.2 Å². The fraction of sp³-hybridized carbons (Fsp3) is 0.652. The molecule has 3 rings (SSSR count). The molecule has 0 atom stereocenters. The van der Waals surface area contributed by atoms with Gasteiger partial charge < -0.3 is 14.7 Å². The highest BCUT2D eigenvalue weighted by Gasteiger charge is 2.28. The number of carbonyl (C=O) groups is 2. The summed E-state index contributed by atoms with van der Waals surface area (Å²) < 4.78 is 0. The lowest BCUT2D eigenvalue weighted by Crippen LogP contribution is -2.53. The minimum absolute atomic E-state index is 0.0364. The summed E-state index contributed by atoms with van der Waals surface area (Å²) >= 11 is 0. The molecule has 0 bridgehead atoms. The third-order valence-corrected chi connectivity index (χ3v) is 6.52. The fourth-order valence-electron chi connectivity index (χ4n) is 4.59. The third kappa shape index (κ3) is 4.86. The molecule has 1 aliphatic heterocycles. The first-order valence-corrected chi connectivity index (χ1v) is 10.8. The molecule has 1 aromatic carbocycles. The van der Waals surface area contributed by atoms with E-state index in [-0.39, 0.29) is 24.4 Å². The van der Waals surface area contributed by atoms with Crippen molar-refractivity contribution in [1.29, 1.82) is 0 Å². The molecule has 1 aliphatic carbocycles. The summed E-state index contributed by atoms with van der Waals surface area (Å²) in [6.07, 6.45) is 6.89. The molecular weight excluding hydrogens is 350 g/mol. The summed E-state index contributed by atoms with van der Waals surface area (Å²) in [5.74, 6) is 0.134. The van der Waals surface area contributed by atoms with Crippen LogP contribution in [0.5, 0.6) is 0 Å². The van der Waals surface area contributed by atoms with Crippen molar-refractivity contribution in [2.75, 3.05) is 37.6 Å². The van der Waals surface area contributed by atoms with Gasteiger partial charge in [-0.05, 0) is 43.9 Å². The number of anilines is 1. The largest absolute Gasteiger partial charge is 0.368 e. The number of rotatable bonds is 4. The second kappa shape index (κ2) is 9.44. The van der Waals surface area contributed by atoms with Crippen LogP contribution in [-0.4, -0.2) is 60.4 Å². The number of carbonyl (C=O) groups excluding carboxylic acids is 2. The zero-order chi connectivity index (χ0) is 20.1. The Balaban J connectivity index is 1.58. The van der Waals surface area contributed by atoms with Crippen LogP contribution in [0.25, 0.3) is 0 Å². The number of benzene rings is 1. The highest BCUT2D eigenvalue weighted by molar-refractivity contribution is 5.84. The maximum Gasteiger partial charge on any atom is 0.242 e. The standard InChI is InChI=1S/C23H35N3O2/c1-18-9-8-12-22(19(18)2)24-13-15-25(16-14-24)23(28)17-26(20(3)27)21-10-6-4-5-7-11-21/h8-9,12,21H,4-7,10-11,13-17H2,1-3H3. The number of hydrogen-bond acceptors (Lipinski definition) is 3. The van der Waals surface area contributed by atoms with E-state index in [1.165, 1.54) is 29.7 Å². The molecule has 0 unspecified atom stereocenters. The Hall–Kier alpha value is -2.04. The van der Waals surface area contributed by atoms with Gasteiger partial charge in [-0.15, -0.1) is 0 Å². The van der Waals surface area contributed by atoms with Gasteiger partial charge in [-0.2, -0.15) is 0 Å². The zero-order valence-corrected chi connectivity index (χ0v) is 17.7. The van der Waals surface area contributed by atoms with Gasteiger partial charge in [-0.1, -0.05) is 37.8 Å². The van der Waals surface area contributed by atoms with Crippen LogP contribution in [0, 0.1) is 13.8 Å². The molecule has 0 radical (unpaired) electrons. The Kier molecular flexibility index (Phi) is 6.97. The Labute approximate surface area is 169 Å². The third-order valence-electron chi connectivity index (χ3n) is 6.52. The lowest BCUT2D eigenvalue weighted by molar-refractivity contribution is -0.141. The number of amides is 2. The molecule has 2 aliphatic rings. The lowest BCUT2D eigenvalue weighted by Gasteiger charge is -2.38. The first-order valence-electron chi connectivity index (χ1n) is 10.8. The molecule has 0 N–H and O–H groups in total. The van der Waals surface area contributed by atoms with E-state index in [0.717, 1.165) is 51.9 Å². The topological polar surface area (TPSA) is 43.9 Å². The van der Waals surface area contributed by atoms with E-state index in [4.69, 9.17) is 0 Å². The van der Waals surface area contributed by atoms with Crippen molar-refractivity contribution in [1.82, 2.24) is 9.80 Å². The van der Waals surface area contributed by atoms with E-state index in [0.29, 0.717) is 0 Å². The summed E-state index contributed by atoms with van der Waals surface area (Å²) in [7, 11) is 0. The Bertz CT molecular complexity index is 687. The first kappa shape index (κ1) is 20.7. The molecule has 2 amide bonds. The van der Waals surface area contributed by atoms with Gasteiger partial charge in [0.15, 0.2) is 0 Å². The van der Waals surface area contributed by atoms with Crippen LogP contribution in [0.1, 0.15) is 56.6 Å². The van der Waals surface area contributed by atoms with Gasteiger partial charge in [-0.25, -0.2) is 0 Å². The maximum absolute atomic E-state index is 12.9. The molecule has 28 heavy (non-hydrogen) atoms. The van der Waals surface area contributed by atoms with Crippen LogP contribution in [0.3, 0.4) is 0 Å². The second-order valence-electron chi connectivity index (χ2n) is 8.38. The number of nitrogens with zero attached hydrogens (tertiary/aromatic N) is 3. The van der Waals surface area contributed by atoms with Gasteiger partial charge in [-0.3, -0.25) is 9.59 Å². The highest BCUT2D eigenvalue weighted by Crippen LogP contribution is 2.25. The summed E-state index contributed by atoms with van der Waals surface area (Å²) in [6.45, 7) is 9.30. The maximum atomic E-state index is 12.9. The molecule has 1 saturated carbocycles. The molecule has 2 fully saturated rings. The van der Waals surface area contributed by atoms with Gasteiger partial charge in [0, 0.05) is 44.8 Å². The van der Waals surface area contributed by atoms with Crippen molar-refractivity contribution in [3.8, 4) is 0 Å². The molecule has 154 valence electrons. The van der Waals surface area contributed by atoms with Gasteiger partial charge >= 0.3 is 0 Å². The molecular formula is C23H35N3O2. The molecule has 5 heteroatoms. The van der Waals surface area contributed by atoms with Crippen LogP contribution in [0.2, 0.25) is 0 Å². The van der Waals surface area contributed by atoms with Crippen LogP contribution in [0.4, 0.5) is 5.69 Å². The van der Waals surface area contributed by atoms with Crippen molar-refractivity contribution in [2.24, 2.45) is 0 Å². The number of aryl methyl sites for hydroxylation is 1. The number of hydrogen-bond donors (Lipinski definition) is 0. The predicted molar refractivity (Wildman–Crippen MR) is 114 cm³/mol. The average Bonchev–Trinajstić information content (AvgIpc) is 2.97. The molecule has 5 nitrogen and oxygen atoms in total. The first-order chi connectivity index (χ1) is 13.5. The van der Waals surface area contributed by atoms with E-state index in [1.54, 1.807) is 6.92 Å². The van der Waals surface area contributed by atoms with E-state index in [1.807, 2.05) is 9.80 Å². The molecule has 0 spiro atoms. The Morgan fingerprint density at radius 1 is 1.00 bits per heavy atom. The normalized spacial score (nSPS) is 18.7. The van der Waals surface area contributed by atoms with Crippen LogP contribution in [-0.2, 0) is 9.59 Å². The smallest absolute Gasteiger partial charge is 0.242 e. The van der Waals surface area contributed by atoms with Gasteiger partial charge in [0.05, 0.1) is 6.54 Å². The van der Waals surface area contributed by atoms with E-state index >= 15 is 0 Å². The average molecular weight is 386 g/mol. The van der Waals surface area contributed by atoms with Crippen LogP contribution < -0.4 is 4.90 Å². The van der Waals surface area contributed by atoms with Crippen molar-refractivity contribution in [3.63, 3.8) is 0 Å². The zero-order valence-electron chi connectivity index (χ0n) is 17.7. The monoisotopic (exact) mass is 385 g/mol. The molecule has 0 aromatic heterocycles.